The fraction of sp³-hybridized carbons (Fsp3) is 0.531. The van der Waals surface area contributed by atoms with Crippen LogP contribution in [-0.4, -0.2) is 154 Å². The Kier molecular flexibility index (Phi) is 10.5. The lowest BCUT2D eigenvalue weighted by Gasteiger charge is -2.44. The van der Waals surface area contributed by atoms with Gasteiger partial charge >= 0.3 is 0 Å². The van der Waals surface area contributed by atoms with Crippen LogP contribution in [0.5, 0.6) is 34.5 Å². The Labute approximate surface area is 292 Å². The predicted octanol–water partition coefficient (Wildman–Crippen LogP) is -2.84. The van der Waals surface area contributed by atoms with Crippen molar-refractivity contribution in [3.63, 3.8) is 0 Å². The lowest BCUT2D eigenvalue weighted by molar-refractivity contribution is -0.341. The molecule has 3 aliphatic rings. The summed E-state index contributed by atoms with van der Waals surface area (Å²) in [6, 6.07) is 3.62. The first-order valence-electron chi connectivity index (χ1n) is 15.9. The highest BCUT2D eigenvalue weighted by atomic mass is 16.8. The number of fused-ring (bicyclic) bond motifs is 1. The maximum atomic E-state index is 14.0. The molecule has 14 atom stereocenters. The number of hydrogen-bond donors (Lipinski definition) is 12. The van der Waals surface area contributed by atoms with Crippen LogP contribution in [0.15, 0.2) is 33.5 Å². The molecule has 0 amide bonds. The third-order valence-corrected chi connectivity index (χ3v) is 9.04. The van der Waals surface area contributed by atoms with Crippen molar-refractivity contribution in [2.24, 2.45) is 0 Å². The number of aliphatic hydroxyl groups is 8. The fourth-order valence-electron chi connectivity index (χ4n) is 6.05. The Bertz CT molecular complexity index is 1810. The summed E-state index contributed by atoms with van der Waals surface area (Å²) >= 11 is 0. The maximum Gasteiger partial charge on any atom is 0.239 e. The van der Waals surface area contributed by atoms with Gasteiger partial charge < -0.3 is 94.1 Å². The molecule has 0 saturated carbocycles. The summed E-state index contributed by atoms with van der Waals surface area (Å²) in [5.41, 5.74) is -1.83. The molecule has 0 unspecified atom stereocenters. The van der Waals surface area contributed by atoms with Gasteiger partial charge in [-0.1, -0.05) is 0 Å². The van der Waals surface area contributed by atoms with Crippen LogP contribution in [-0.2, 0) is 18.9 Å². The van der Waals surface area contributed by atoms with Gasteiger partial charge in [-0.25, -0.2) is 0 Å². The summed E-state index contributed by atoms with van der Waals surface area (Å²) in [7, 11) is 0. The molecule has 12 N–H and O–H groups in total. The summed E-state index contributed by atoms with van der Waals surface area (Å²) in [5.74, 6) is -5.00. The van der Waals surface area contributed by atoms with Crippen LogP contribution in [0.3, 0.4) is 0 Å². The fourth-order valence-corrected chi connectivity index (χ4v) is 6.05. The van der Waals surface area contributed by atoms with E-state index in [0.29, 0.717) is 0 Å². The van der Waals surface area contributed by atoms with E-state index in [4.69, 9.17) is 32.8 Å². The Balaban J connectivity index is 1.41. The normalized spacial score (nSPS) is 36.8. The average Bonchev–Trinajstić information content (AvgIpc) is 3.08. The first-order valence-corrected chi connectivity index (χ1v) is 15.9. The molecule has 3 aliphatic heterocycles. The van der Waals surface area contributed by atoms with Crippen molar-refractivity contribution < 1.29 is 94.1 Å². The second-order valence-corrected chi connectivity index (χ2v) is 12.7. The second kappa shape index (κ2) is 14.4. The monoisotopic (exact) mass is 742 g/mol. The van der Waals surface area contributed by atoms with Crippen LogP contribution in [0.4, 0.5) is 0 Å². The van der Waals surface area contributed by atoms with Crippen LogP contribution in [0.25, 0.3) is 22.3 Å². The van der Waals surface area contributed by atoms with Gasteiger partial charge in [0.2, 0.25) is 29.5 Å². The highest BCUT2D eigenvalue weighted by molar-refractivity contribution is 5.88. The molecule has 20 nitrogen and oxygen atoms in total. The standard InChI is InChI=1S/C32H38O20/c1-8-18(38)22(42)25(45)31(47-8)50-27-13(35)3-10(4-14(27)36)26-28(21(41)17-12(34)5-11(33)6-16(17)49-26)51-32-29(23(43)19(39)9(2)48-32)52-30-24(44)20(40)15(37)7-46-30/h3-6,8-9,15,18-20,22-25,29-40,42-45H,7H2,1-2H3/t8-,9-,15+,18-,19-,20-,22+,23+,24+,25+,29+,30-,31-,32-/m0/s1. The van der Waals surface area contributed by atoms with Gasteiger partial charge in [-0.05, 0) is 26.0 Å². The van der Waals surface area contributed by atoms with Gasteiger partial charge in [0.05, 0.1) is 18.8 Å². The molecule has 0 radical (unpaired) electrons. The van der Waals surface area contributed by atoms with Crippen LogP contribution >= 0.6 is 0 Å². The van der Waals surface area contributed by atoms with Gasteiger partial charge in [-0.3, -0.25) is 4.79 Å². The van der Waals surface area contributed by atoms with Crippen molar-refractivity contribution in [2.75, 3.05) is 6.61 Å². The minimum absolute atomic E-state index is 0.307. The van der Waals surface area contributed by atoms with Crippen molar-refractivity contribution >= 4 is 11.0 Å². The quantitative estimate of drug-likeness (QED) is 0.116. The van der Waals surface area contributed by atoms with E-state index in [2.05, 4.69) is 0 Å². The maximum absolute atomic E-state index is 14.0. The summed E-state index contributed by atoms with van der Waals surface area (Å²) in [6.45, 7) is 2.22. The van der Waals surface area contributed by atoms with Crippen molar-refractivity contribution in [1.29, 1.82) is 0 Å². The molecule has 0 aliphatic carbocycles. The second-order valence-electron chi connectivity index (χ2n) is 12.7. The SMILES string of the molecule is C[C@@H]1O[C@@H](Oc2c(O)cc(-c3oc4cc(O)cc(O)c4c(=O)c3O[C@@H]3O[C@@H](C)[C@H](O)[C@@H](O)[C@H]3O[C@@H]3OC[C@@H](O)[C@H](O)[C@H]3O)cc2O)[C@H](O)[C@H](O)[C@H]1O. The van der Waals surface area contributed by atoms with Gasteiger partial charge in [-0.2, -0.15) is 0 Å². The third-order valence-electron chi connectivity index (χ3n) is 9.04. The van der Waals surface area contributed by atoms with E-state index in [0.717, 1.165) is 24.3 Å². The number of rotatable bonds is 7. The van der Waals surface area contributed by atoms with Crippen molar-refractivity contribution in [3.05, 3.63) is 34.5 Å². The molecule has 0 spiro atoms. The average molecular weight is 743 g/mol. The van der Waals surface area contributed by atoms with Gasteiger partial charge in [0.1, 0.15) is 71.3 Å². The number of hydrogen-bond acceptors (Lipinski definition) is 20. The highest BCUT2D eigenvalue weighted by Crippen LogP contribution is 2.45. The van der Waals surface area contributed by atoms with Crippen LogP contribution in [0, 0.1) is 0 Å². The summed E-state index contributed by atoms with van der Waals surface area (Å²) in [6.07, 6.45) is -22.8. The van der Waals surface area contributed by atoms with Crippen LogP contribution < -0.4 is 14.9 Å². The lowest BCUT2D eigenvalue weighted by atomic mass is 9.99. The van der Waals surface area contributed by atoms with Gasteiger partial charge in [0.25, 0.3) is 0 Å². The number of aromatic hydroxyl groups is 4. The molecule has 52 heavy (non-hydrogen) atoms. The topological polar surface area (TPSA) is 328 Å². The summed E-state index contributed by atoms with van der Waals surface area (Å²) < 4.78 is 39.2. The molecule has 3 saturated heterocycles. The molecule has 286 valence electrons. The van der Waals surface area contributed by atoms with Gasteiger partial charge in [0, 0.05) is 17.7 Å². The van der Waals surface area contributed by atoms with Gasteiger partial charge in [0.15, 0.2) is 29.7 Å². The Hall–Kier alpha value is -4.03. The van der Waals surface area contributed by atoms with E-state index < -0.39 is 149 Å². The van der Waals surface area contributed by atoms with Crippen LogP contribution in [0.1, 0.15) is 13.8 Å². The Morgan fingerprint density at radius 1 is 0.635 bits per heavy atom. The molecular formula is C32H38O20. The number of benzene rings is 2. The summed E-state index contributed by atoms with van der Waals surface area (Å²) in [4.78, 5) is 14.0. The third kappa shape index (κ3) is 6.79. The van der Waals surface area contributed by atoms with Crippen molar-refractivity contribution in [3.8, 4) is 45.8 Å². The Morgan fingerprint density at radius 3 is 1.87 bits per heavy atom. The Morgan fingerprint density at radius 2 is 1.21 bits per heavy atom. The first kappa shape index (κ1) is 37.7. The van der Waals surface area contributed by atoms with E-state index >= 15 is 0 Å². The summed E-state index contributed by atoms with van der Waals surface area (Å²) in [5, 5.41) is 125. The number of ether oxygens (including phenoxy) is 6. The largest absolute Gasteiger partial charge is 0.508 e. The zero-order valence-corrected chi connectivity index (χ0v) is 27.2. The molecule has 6 rings (SSSR count). The molecule has 3 aromatic rings. The van der Waals surface area contributed by atoms with Gasteiger partial charge in [-0.15, -0.1) is 0 Å². The molecule has 3 fully saturated rings. The van der Waals surface area contributed by atoms with E-state index in [9.17, 15) is 66.1 Å². The predicted molar refractivity (Wildman–Crippen MR) is 167 cm³/mol. The number of phenols is 4. The molecular weight excluding hydrogens is 704 g/mol. The minimum Gasteiger partial charge on any atom is -0.508 e. The highest BCUT2D eigenvalue weighted by Gasteiger charge is 2.50. The first-order chi connectivity index (χ1) is 24.5. The van der Waals surface area contributed by atoms with Crippen molar-refractivity contribution in [1.82, 2.24) is 0 Å². The number of aliphatic hydroxyl groups excluding tert-OH is 8. The lowest BCUT2D eigenvalue weighted by Crippen LogP contribution is -2.62. The smallest absolute Gasteiger partial charge is 0.239 e. The molecule has 1 aromatic heterocycles. The van der Waals surface area contributed by atoms with Crippen molar-refractivity contribution in [2.45, 2.75) is 99.9 Å². The number of phenolic OH excluding ortho intramolecular Hbond substituents is 4. The molecule has 0 bridgehead atoms. The molecule has 4 heterocycles. The zero-order chi connectivity index (χ0) is 37.9. The molecule has 20 heteroatoms. The van der Waals surface area contributed by atoms with E-state index in [1.807, 2.05) is 0 Å². The van der Waals surface area contributed by atoms with Crippen LogP contribution in [0.2, 0.25) is 0 Å². The zero-order valence-electron chi connectivity index (χ0n) is 27.2. The molecule has 2 aromatic carbocycles. The van der Waals surface area contributed by atoms with E-state index in [1.165, 1.54) is 13.8 Å². The van der Waals surface area contributed by atoms with E-state index in [-0.39, 0.29) is 5.56 Å². The minimum atomic E-state index is -1.86. The van der Waals surface area contributed by atoms with E-state index in [1.54, 1.807) is 0 Å².